The Morgan fingerprint density at radius 3 is 2.43 bits per heavy atom. The Kier molecular flexibility index (Phi) is 6.36. The number of carbonyl (C=O) groups is 1. The number of benzene rings is 2. The van der Waals surface area contributed by atoms with Crippen LogP contribution in [0.3, 0.4) is 0 Å². The van der Waals surface area contributed by atoms with Gasteiger partial charge in [0, 0.05) is 25.7 Å². The van der Waals surface area contributed by atoms with Gasteiger partial charge in [0.05, 0.1) is 11.6 Å². The Hall–Kier alpha value is -2.38. The first-order valence-corrected chi connectivity index (χ1v) is 9.29. The fourth-order valence-corrected chi connectivity index (χ4v) is 3.42. The first kappa shape index (κ1) is 20.4. The van der Waals surface area contributed by atoms with Crippen LogP contribution < -0.4 is 11.1 Å². The number of hydrogen-bond acceptors (Lipinski definition) is 3. The van der Waals surface area contributed by atoms with Crippen LogP contribution in [0.5, 0.6) is 0 Å². The van der Waals surface area contributed by atoms with Crippen LogP contribution in [0.4, 0.5) is 13.2 Å². The Bertz CT molecular complexity index is 778. The molecule has 28 heavy (non-hydrogen) atoms. The van der Waals surface area contributed by atoms with Crippen LogP contribution in [0.2, 0.25) is 0 Å². The van der Waals surface area contributed by atoms with Gasteiger partial charge in [-0.05, 0) is 36.1 Å². The lowest BCUT2D eigenvalue weighted by Crippen LogP contribution is -2.47. The van der Waals surface area contributed by atoms with Crippen molar-refractivity contribution in [1.82, 2.24) is 10.2 Å². The average Bonchev–Trinajstić information content (AvgIpc) is 3.09. The van der Waals surface area contributed by atoms with E-state index in [4.69, 9.17) is 5.73 Å². The Morgan fingerprint density at radius 2 is 1.79 bits per heavy atom. The number of nitrogens with one attached hydrogen (secondary N) is 1. The van der Waals surface area contributed by atoms with Gasteiger partial charge in [-0.25, -0.2) is 0 Å². The summed E-state index contributed by atoms with van der Waals surface area (Å²) in [7, 11) is 0. The fraction of sp³-hybridized carbons (Fsp3) is 0.381. The molecule has 1 heterocycles. The second-order valence-corrected chi connectivity index (χ2v) is 7.22. The van der Waals surface area contributed by atoms with E-state index in [1.54, 1.807) is 0 Å². The third-order valence-electron chi connectivity index (χ3n) is 4.94. The van der Waals surface area contributed by atoms with Crippen LogP contribution in [0.15, 0.2) is 54.6 Å². The van der Waals surface area contributed by atoms with Crippen molar-refractivity contribution in [2.45, 2.75) is 37.6 Å². The summed E-state index contributed by atoms with van der Waals surface area (Å²) >= 11 is 0. The number of alkyl halides is 3. The molecule has 3 N–H and O–H groups in total. The van der Waals surface area contributed by atoms with Gasteiger partial charge in [-0.3, -0.25) is 9.69 Å². The molecule has 0 spiro atoms. The third kappa shape index (κ3) is 5.56. The van der Waals surface area contributed by atoms with Gasteiger partial charge in [0.25, 0.3) is 0 Å². The molecule has 4 nitrogen and oxygen atoms in total. The van der Waals surface area contributed by atoms with Crippen molar-refractivity contribution in [3.63, 3.8) is 0 Å². The molecule has 0 aliphatic carbocycles. The van der Waals surface area contributed by atoms with E-state index in [9.17, 15) is 18.0 Å². The molecule has 0 aromatic heterocycles. The first-order valence-electron chi connectivity index (χ1n) is 9.29. The second-order valence-electron chi connectivity index (χ2n) is 7.22. The van der Waals surface area contributed by atoms with Gasteiger partial charge in [-0.15, -0.1) is 0 Å². The predicted octanol–water partition coefficient (Wildman–Crippen LogP) is 2.97. The summed E-state index contributed by atoms with van der Waals surface area (Å²) < 4.78 is 37.9. The molecule has 2 unspecified atom stereocenters. The van der Waals surface area contributed by atoms with Crippen molar-refractivity contribution < 1.29 is 18.0 Å². The third-order valence-corrected chi connectivity index (χ3v) is 4.94. The van der Waals surface area contributed by atoms with E-state index < -0.39 is 17.8 Å². The van der Waals surface area contributed by atoms with Crippen molar-refractivity contribution in [3.8, 4) is 0 Å². The van der Waals surface area contributed by atoms with Gasteiger partial charge in [-0.1, -0.05) is 42.5 Å². The maximum atomic E-state index is 12.6. The van der Waals surface area contributed by atoms with Crippen molar-refractivity contribution in [3.05, 3.63) is 71.3 Å². The molecular formula is C21H24F3N3O. The highest BCUT2D eigenvalue weighted by Gasteiger charge is 2.30. The van der Waals surface area contributed by atoms with Crippen LogP contribution in [0.25, 0.3) is 0 Å². The quantitative estimate of drug-likeness (QED) is 0.796. The summed E-state index contributed by atoms with van der Waals surface area (Å²) in [6.07, 6.45) is -3.04. The van der Waals surface area contributed by atoms with Gasteiger partial charge in [0.2, 0.25) is 5.91 Å². The van der Waals surface area contributed by atoms with Gasteiger partial charge >= 0.3 is 6.18 Å². The molecule has 7 heteroatoms. The minimum absolute atomic E-state index is 0.00349. The number of hydrogen-bond donors (Lipinski definition) is 2. The smallest absolute Gasteiger partial charge is 0.351 e. The number of nitrogens with two attached hydrogens (primary N) is 1. The number of nitrogens with zero attached hydrogens (tertiary/aromatic N) is 1. The molecule has 2 aromatic rings. The largest absolute Gasteiger partial charge is 0.416 e. The zero-order valence-electron chi connectivity index (χ0n) is 15.5. The standard InChI is InChI=1S/C21H24F3N3O/c22-21(23,24)17-8-6-16(7-9-17)13-27-11-10-18(14-27)26-20(28)19(25)12-15-4-2-1-3-5-15/h1-9,18-19H,10-14,25H2,(H,26,28). The minimum atomic E-state index is -4.32. The first-order chi connectivity index (χ1) is 13.3. The second kappa shape index (κ2) is 8.75. The van der Waals surface area contributed by atoms with Crippen LogP contribution >= 0.6 is 0 Å². The lowest BCUT2D eigenvalue weighted by Gasteiger charge is -2.19. The van der Waals surface area contributed by atoms with Crippen molar-refractivity contribution in [2.24, 2.45) is 5.73 Å². The van der Waals surface area contributed by atoms with E-state index in [2.05, 4.69) is 10.2 Å². The van der Waals surface area contributed by atoms with Crippen molar-refractivity contribution in [1.29, 1.82) is 0 Å². The molecule has 1 aliphatic rings. The van der Waals surface area contributed by atoms with Crippen LogP contribution in [0, 0.1) is 0 Å². The number of likely N-dealkylation sites (tertiary alicyclic amines) is 1. The zero-order valence-corrected chi connectivity index (χ0v) is 15.5. The lowest BCUT2D eigenvalue weighted by molar-refractivity contribution is -0.137. The van der Waals surface area contributed by atoms with Gasteiger partial charge in [0.1, 0.15) is 0 Å². The van der Waals surface area contributed by atoms with E-state index in [1.807, 2.05) is 30.3 Å². The number of halogens is 3. The topological polar surface area (TPSA) is 58.4 Å². The number of carbonyl (C=O) groups excluding carboxylic acids is 1. The maximum absolute atomic E-state index is 12.6. The molecule has 1 fully saturated rings. The Morgan fingerprint density at radius 1 is 1.11 bits per heavy atom. The average molecular weight is 391 g/mol. The van der Waals surface area contributed by atoms with Gasteiger partial charge in [-0.2, -0.15) is 13.2 Å². The van der Waals surface area contributed by atoms with Crippen molar-refractivity contribution in [2.75, 3.05) is 13.1 Å². The van der Waals surface area contributed by atoms with E-state index in [-0.39, 0.29) is 11.9 Å². The van der Waals surface area contributed by atoms with Crippen LogP contribution in [-0.4, -0.2) is 36.0 Å². The molecule has 0 saturated carbocycles. The van der Waals surface area contributed by atoms with Crippen molar-refractivity contribution >= 4 is 5.91 Å². The normalized spacial score (nSPS) is 18.8. The number of rotatable bonds is 6. The maximum Gasteiger partial charge on any atom is 0.416 e. The molecule has 2 aromatic carbocycles. The van der Waals surface area contributed by atoms with E-state index in [0.717, 1.165) is 36.2 Å². The fourth-order valence-electron chi connectivity index (χ4n) is 3.42. The summed E-state index contributed by atoms with van der Waals surface area (Å²) in [5.41, 5.74) is 7.21. The molecule has 1 amide bonds. The summed E-state index contributed by atoms with van der Waals surface area (Å²) in [5, 5.41) is 2.99. The molecule has 1 aliphatic heterocycles. The molecule has 0 radical (unpaired) electrons. The zero-order chi connectivity index (χ0) is 20.1. The van der Waals surface area contributed by atoms with E-state index >= 15 is 0 Å². The van der Waals surface area contributed by atoms with Gasteiger partial charge < -0.3 is 11.1 Å². The lowest BCUT2D eigenvalue weighted by atomic mass is 10.1. The summed E-state index contributed by atoms with van der Waals surface area (Å²) in [5.74, 6) is -0.176. The molecule has 150 valence electrons. The monoisotopic (exact) mass is 391 g/mol. The highest BCUT2D eigenvalue weighted by Crippen LogP contribution is 2.29. The van der Waals surface area contributed by atoms with Crippen LogP contribution in [0.1, 0.15) is 23.1 Å². The number of amides is 1. The Balaban J connectivity index is 1.46. The summed E-state index contributed by atoms with van der Waals surface area (Å²) in [6, 6.07) is 14.2. The molecule has 0 bridgehead atoms. The van der Waals surface area contributed by atoms with Gasteiger partial charge in [0.15, 0.2) is 0 Å². The molecule has 3 rings (SSSR count). The predicted molar refractivity (Wildman–Crippen MR) is 101 cm³/mol. The minimum Gasteiger partial charge on any atom is -0.351 e. The van der Waals surface area contributed by atoms with Crippen LogP contribution in [-0.2, 0) is 23.9 Å². The molecule has 1 saturated heterocycles. The van der Waals surface area contributed by atoms with E-state index in [0.29, 0.717) is 19.5 Å². The summed E-state index contributed by atoms with van der Waals surface area (Å²) in [6.45, 7) is 1.99. The molecule has 2 atom stereocenters. The highest BCUT2D eigenvalue weighted by atomic mass is 19.4. The van der Waals surface area contributed by atoms with E-state index in [1.165, 1.54) is 12.1 Å². The highest BCUT2D eigenvalue weighted by molar-refractivity contribution is 5.82. The molecular weight excluding hydrogens is 367 g/mol. The Labute approximate surface area is 162 Å². The summed E-state index contributed by atoms with van der Waals surface area (Å²) in [4.78, 5) is 14.5. The SMILES string of the molecule is NC(Cc1ccccc1)C(=O)NC1CCN(Cc2ccc(C(F)(F)F)cc2)C1.